The molecule has 4 heterocycles. The van der Waals surface area contributed by atoms with Crippen LogP contribution in [-0.4, -0.2) is 115 Å². The topological polar surface area (TPSA) is 103 Å². The maximum Gasteiger partial charge on any atom is 0.446 e. The van der Waals surface area contributed by atoms with Crippen LogP contribution in [-0.2, 0) is 27.7 Å². The highest BCUT2D eigenvalue weighted by molar-refractivity contribution is 8.00. The minimum Gasteiger partial charge on any atom is -0.381 e. The highest BCUT2D eigenvalue weighted by Crippen LogP contribution is 2.44. The maximum atomic E-state index is 14.1. The van der Waals surface area contributed by atoms with Crippen LogP contribution >= 0.6 is 35.1 Å². The van der Waals surface area contributed by atoms with Gasteiger partial charge in [-0.15, -0.1) is 11.8 Å². The number of alkyl halides is 3. The van der Waals surface area contributed by atoms with Crippen LogP contribution in [0.1, 0.15) is 69.2 Å². The van der Waals surface area contributed by atoms with E-state index in [1.165, 1.54) is 41.6 Å². The molecular formula is C48H59ClF3N7O3S3. The van der Waals surface area contributed by atoms with Crippen LogP contribution in [0.5, 0.6) is 0 Å². The molecule has 0 amide bonds. The summed E-state index contributed by atoms with van der Waals surface area (Å²) in [4.78, 5) is 16.8. The summed E-state index contributed by atoms with van der Waals surface area (Å²) in [5.74, 6) is 0.767. The molecule has 1 aromatic heterocycles. The lowest BCUT2D eigenvalue weighted by atomic mass is 9.72. The Labute approximate surface area is 395 Å². The molecule has 0 bridgehead atoms. The van der Waals surface area contributed by atoms with E-state index in [9.17, 15) is 21.6 Å². The van der Waals surface area contributed by atoms with Gasteiger partial charge in [0.15, 0.2) is 0 Å². The molecule has 0 spiro atoms. The summed E-state index contributed by atoms with van der Waals surface area (Å²) in [5.41, 5.74) is 1.59. The number of fused-ring (bicyclic) bond motifs is 1. The number of anilines is 2. The Morgan fingerprint density at radius 2 is 1.69 bits per heavy atom. The van der Waals surface area contributed by atoms with E-state index < -0.39 is 15.5 Å². The van der Waals surface area contributed by atoms with Crippen LogP contribution in [0.4, 0.5) is 24.7 Å². The highest BCUT2D eigenvalue weighted by Gasteiger charge is 2.34. The Kier molecular flexibility index (Phi) is 15.8. The zero-order valence-electron chi connectivity index (χ0n) is 37.1. The van der Waals surface area contributed by atoms with E-state index in [-0.39, 0.29) is 44.5 Å². The fourth-order valence-corrected chi connectivity index (χ4v) is 12.4. The molecule has 350 valence electrons. The molecule has 65 heavy (non-hydrogen) atoms. The lowest BCUT2D eigenvalue weighted by Crippen LogP contribution is -2.47. The van der Waals surface area contributed by atoms with Crippen molar-refractivity contribution in [3.63, 3.8) is 0 Å². The van der Waals surface area contributed by atoms with Gasteiger partial charge in [0.2, 0.25) is 0 Å². The van der Waals surface area contributed by atoms with Crippen LogP contribution in [0.3, 0.4) is 0 Å². The van der Waals surface area contributed by atoms with Crippen molar-refractivity contribution in [3.05, 3.63) is 107 Å². The highest BCUT2D eigenvalue weighted by atomic mass is 35.5. The molecule has 4 aromatic rings. The molecule has 4 aliphatic rings. The fourth-order valence-electron chi connectivity index (χ4n) is 9.43. The van der Waals surface area contributed by atoms with Crippen LogP contribution in [0.15, 0.2) is 99.4 Å². The van der Waals surface area contributed by atoms with Crippen molar-refractivity contribution in [2.24, 2.45) is 5.41 Å². The fraction of sp³-hybridized carbons (Fsp3) is 0.500. The van der Waals surface area contributed by atoms with Crippen LogP contribution in [0, 0.1) is 5.41 Å². The van der Waals surface area contributed by atoms with E-state index >= 15 is 0 Å². The van der Waals surface area contributed by atoms with Crippen molar-refractivity contribution in [1.29, 1.82) is 0 Å². The summed E-state index contributed by atoms with van der Waals surface area (Å²) in [6.07, 6.45) is 7.97. The Balaban J connectivity index is 0.920. The second-order valence-electron chi connectivity index (χ2n) is 18.3. The van der Waals surface area contributed by atoms with Gasteiger partial charge in [-0.3, -0.25) is 19.4 Å². The lowest BCUT2D eigenvalue weighted by molar-refractivity contribution is -0.0328. The Bertz CT molecular complexity index is 2380. The molecule has 3 aliphatic heterocycles. The third-order valence-electron chi connectivity index (χ3n) is 13.1. The number of hydrogen-bond donors (Lipinski definition) is 2. The van der Waals surface area contributed by atoms with E-state index in [0.29, 0.717) is 50.0 Å². The van der Waals surface area contributed by atoms with E-state index in [4.69, 9.17) is 16.3 Å². The number of rotatable bonds is 16. The van der Waals surface area contributed by atoms with Crippen molar-refractivity contribution >= 4 is 62.2 Å². The van der Waals surface area contributed by atoms with Gasteiger partial charge < -0.3 is 10.1 Å². The average molecular weight is 971 g/mol. The second-order valence-corrected chi connectivity index (χ2v) is 22.6. The standard InChI is InChI=1S/C48H59ClF3N7O3S3/c1-47(2)19-14-35(42(29-47)34-8-10-36(49)11-9-34)30-58-21-16-38(17-22-58)59-23-18-41-44(31-59)53-33-54-46(41)56-65(60,61)40-12-13-43(45(28-40)64-48(50,51)52)55-37(15-20-57-24-26-62-27-25-57)32-63-39-6-4-3-5-7-39/h3-13,28,33,37-38,55H,14-27,29-32H2,1-2H3,(H,53,54,56)/t37-/m1/s1. The quantitative estimate of drug-likeness (QED) is 0.105. The summed E-state index contributed by atoms with van der Waals surface area (Å²) < 4.78 is 78.4. The number of benzene rings is 3. The Morgan fingerprint density at radius 3 is 2.43 bits per heavy atom. The van der Waals surface area contributed by atoms with Gasteiger partial charge in [-0.25, -0.2) is 18.4 Å². The number of ether oxygens (including phenoxy) is 1. The number of hydrogen-bond acceptors (Lipinski definition) is 11. The molecule has 2 fully saturated rings. The number of halogens is 4. The van der Waals surface area contributed by atoms with Gasteiger partial charge in [0.05, 0.1) is 23.8 Å². The number of nitrogens with one attached hydrogen (secondary N) is 2. The van der Waals surface area contributed by atoms with Crippen molar-refractivity contribution in [1.82, 2.24) is 24.7 Å². The van der Waals surface area contributed by atoms with Crippen LogP contribution < -0.4 is 10.0 Å². The molecule has 2 saturated heterocycles. The third-order valence-corrected chi connectivity index (χ3v) is 16.6. The molecule has 0 saturated carbocycles. The van der Waals surface area contributed by atoms with Crippen molar-refractivity contribution in [3.8, 4) is 0 Å². The van der Waals surface area contributed by atoms with Gasteiger partial charge in [0, 0.05) is 83.2 Å². The van der Waals surface area contributed by atoms with Crippen LogP contribution in [0.25, 0.3) is 5.57 Å². The van der Waals surface area contributed by atoms with Crippen LogP contribution in [0.2, 0.25) is 5.02 Å². The van der Waals surface area contributed by atoms with Gasteiger partial charge in [-0.05, 0) is 129 Å². The van der Waals surface area contributed by atoms with Gasteiger partial charge in [-0.2, -0.15) is 13.2 Å². The number of sulfonamides is 1. The number of allylic oxidation sites excluding steroid dienone is 1. The van der Waals surface area contributed by atoms with Gasteiger partial charge in [0.1, 0.15) is 12.1 Å². The van der Waals surface area contributed by atoms with Gasteiger partial charge >= 0.3 is 5.51 Å². The van der Waals surface area contributed by atoms with E-state index in [1.807, 2.05) is 42.5 Å². The molecule has 17 heteroatoms. The molecule has 0 radical (unpaired) electrons. The number of piperidine rings is 1. The first kappa shape index (κ1) is 48.1. The molecule has 8 rings (SSSR count). The average Bonchev–Trinajstić information content (AvgIpc) is 3.29. The summed E-state index contributed by atoms with van der Waals surface area (Å²) in [6, 6.07) is 22.2. The van der Waals surface area contributed by atoms with Crippen molar-refractivity contribution < 1.29 is 26.3 Å². The monoisotopic (exact) mass is 969 g/mol. The summed E-state index contributed by atoms with van der Waals surface area (Å²) in [6.45, 7) is 12.6. The molecule has 10 nitrogen and oxygen atoms in total. The molecule has 3 aromatic carbocycles. The predicted molar refractivity (Wildman–Crippen MR) is 257 cm³/mol. The number of aromatic nitrogens is 2. The Morgan fingerprint density at radius 1 is 0.938 bits per heavy atom. The zero-order chi connectivity index (χ0) is 45.6. The number of nitrogens with zero attached hydrogens (tertiary/aromatic N) is 5. The number of thioether (sulfide) groups is 2. The third kappa shape index (κ3) is 13.2. The lowest BCUT2D eigenvalue weighted by Gasteiger charge is -2.41. The summed E-state index contributed by atoms with van der Waals surface area (Å²) in [7, 11) is -4.32. The number of morpholine rings is 1. The minimum atomic E-state index is -4.64. The van der Waals surface area contributed by atoms with Crippen molar-refractivity contribution in [2.45, 2.75) is 97.6 Å². The van der Waals surface area contributed by atoms with Gasteiger partial charge in [-0.1, -0.05) is 61.4 Å². The second kappa shape index (κ2) is 21.3. The Hall–Kier alpha value is -3.35. The molecule has 1 atom stereocenters. The minimum absolute atomic E-state index is 0.165. The first-order valence-corrected chi connectivity index (χ1v) is 26.3. The van der Waals surface area contributed by atoms with E-state index in [1.54, 1.807) is 11.8 Å². The normalized spacial score (nSPS) is 19.8. The first-order valence-electron chi connectivity index (χ1n) is 22.6. The van der Waals surface area contributed by atoms with Crippen molar-refractivity contribution in [2.75, 3.05) is 74.8 Å². The summed E-state index contributed by atoms with van der Waals surface area (Å²) >= 11 is 7.55. The van der Waals surface area contributed by atoms with E-state index in [2.05, 4.69) is 60.7 Å². The van der Waals surface area contributed by atoms with Gasteiger partial charge in [0.25, 0.3) is 10.0 Å². The molecular weight excluding hydrogens is 911 g/mol. The molecule has 2 N–H and O–H groups in total. The maximum absolute atomic E-state index is 14.1. The zero-order valence-corrected chi connectivity index (χ0v) is 40.3. The molecule has 0 unspecified atom stereocenters. The van der Waals surface area contributed by atoms with E-state index in [0.717, 1.165) is 93.2 Å². The summed E-state index contributed by atoms with van der Waals surface area (Å²) in [5, 5.41) is 4.12. The largest absolute Gasteiger partial charge is 0.446 e. The SMILES string of the molecule is CC1(C)CCC(CN2CCC(N3CCc4c(ncnc4NS(=O)(=O)c4ccc(N[C@H](CCN5CCOCC5)CSc5ccccc5)c(SC(F)(F)F)c4)C3)CC2)=C(c2ccc(Cl)cc2)C1. The smallest absolute Gasteiger partial charge is 0.381 e. The predicted octanol–water partition coefficient (Wildman–Crippen LogP) is 10.3. The molecule has 1 aliphatic carbocycles. The first-order chi connectivity index (χ1) is 31.2. The number of likely N-dealkylation sites (tertiary alicyclic amines) is 1.